The van der Waals surface area contributed by atoms with E-state index >= 15 is 0 Å². The van der Waals surface area contributed by atoms with Gasteiger partial charge in [0.15, 0.2) is 0 Å². The van der Waals surface area contributed by atoms with Crippen LogP contribution in [0.15, 0.2) is 29.2 Å². The van der Waals surface area contributed by atoms with Gasteiger partial charge in [-0.15, -0.1) is 0 Å². The molecule has 0 bridgehead atoms. The fraction of sp³-hybridized carbons (Fsp3) is 0.400. The summed E-state index contributed by atoms with van der Waals surface area (Å²) in [4.78, 5) is 0.826. The lowest BCUT2D eigenvalue weighted by Crippen LogP contribution is -2.16. The maximum absolute atomic E-state index is 11.5. The van der Waals surface area contributed by atoms with Crippen molar-refractivity contribution in [2.75, 3.05) is 13.6 Å². The van der Waals surface area contributed by atoms with Gasteiger partial charge in [-0.05, 0) is 24.7 Å². The average molecular weight is 212 g/mol. The third-order valence-electron chi connectivity index (χ3n) is 1.79. The SMILES string of the molecule is CCNS(=O)c1ccc(CNC)cc1. The second kappa shape index (κ2) is 5.90. The maximum atomic E-state index is 11.5. The van der Waals surface area contributed by atoms with E-state index in [9.17, 15) is 4.21 Å². The van der Waals surface area contributed by atoms with Crippen molar-refractivity contribution in [1.29, 1.82) is 0 Å². The third kappa shape index (κ3) is 3.21. The fourth-order valence-corrected chi connectivity index (χ4v) is 1.96. The van der Waals surface area contributed by atoms with Crippen molar-refractivity contribution in [3.8, 4) is 0 Å². The molecule has 0 aliphatic rings. The summed E-state index contributed by atoms with van der Waals surface area (Å²) >= 11 is 0. The molecule has 0 saturated heterocycles. The molecule has 3 nitrogen and oxygen atoms in total. The molecule has 0 aliphatic carbocycles. The first-order valence-corrected chi connectivity index (χ1v) is 5.81. The number of nitrogens with one attached hydrogen (secondary N) is 2. The number of rotatable bonds is 5. The summed E-state index contributed by atoms with van der Waals surface area (Å²) in [5.74, 6) is 0. The van der Waals surface area contributed by atoms with Crippen molar-refractivity contribution in [3.63, 3.8) is 0 Å². The zero-order chi connectivity index (χ0) is 10.4. The number of hydrogen-bond acceptors (Lipinski definition) is 2. The highest BCUT2D eigenvalue weighted by Crippen LogP contribution is 2.07. The summed E-state index contributed by atoms with van der Waals surface area (Å²) in [6.45, 7) is 3.49. The monoisotopic (exact) mass is 212 g/mol. The zero-order valence-electron chi connectivity index (χ0n) is 8.54. The average Bonchev–Trinajstić information content (AvgIpc) is 2.20. The Morgan fingerprint density at radius 3 is 2.43 bits per heavy atom. The van der Waals surface area contributed by atoms with Gasteiger partial charge in [0.1, 0.15) is 11.0 Å². The molecule has 14 heavy (non-hydrogen) atoms. The van der Waals surface area contributed by atoms with Crippen molar-refractivity contribution in [2.24, 2.45) is 0 Å². The molecule has 0 spiro atoms. The highest BCUT2D eigenvalue weighted by molar-refractivity contribution is 7.83. The molecule has 1 atom stereocenters. The summed E-state index contributed by atoms with van der Waals surface area (Å²) in [5, 5.41) is 3.07. The van der Waals surface area contributed by atoms with Gasteiger partial charge < -0.3 is 5.32 Å². The Morgan fingerprint density at radius 2 is 1.93 bits per heavy atom. The Kier molecular flexibility index (Phi) is 4.79. The summed E-state index contributed by atoms with van der Waals surface area (Å²) in [5.41, 5.74) is 1.20. The van der Waals surface area contributed by atoms with Crippen LogP contribution in [0.3, 0.4) is 0 Å². The van der Waals surface area contributed by atoms with Gasteiger partial charge in [-0.25, -0.2) is 8.93 Å². The molecule has 0 fully saturated rings. The molecule has 1 unspecified atom stereocenters. The van der Waals surface area contributed by atoms with Gasteiger partial charge in [0.2, 0.25) is 0 Å². The zero-order valence-corrected chi connectivity index (χ0v) is 9.36. The standard InChI is InChI=1S/C10H16N2OS/c1-3-12-14(13)10-6-4-9(5-7-10)8-11-2/h4-7,11-12H,3,8H2,1-2H3. The van der Waals surface area contributed by atoms with E-state index in [-0.39, 0.29) is 0 Å². The molecular weight excluding hydrogens is 196 g/mol. The molecule has 0 radical (unpaired) electrons. The van der Waals surface area contributed by atoms with Gasteiger partial charge >= 0.3 is 0 Å². The van der Waals surface area contributed by atoms with Gasteiger partial charge in [-0.3, -0.25) is 0 Å². The molecule has 4 heteroatoms. The topological polar surface area (TPSA) is 41.1 Å². The minimum atomic E-state index is -1.07. The molecule has 0 heterocycles. The summed E-state index contributed by atoms with van der Waals surface area (Å²) in [7, 11) is 0.841. The largest absolute Gasteiger partial charge is 0.316 e. The van der Waals surface area contributed by atoms with Crippen molar-refractivity contribution >= 4 is 11.0 Å². The quantitative estimate of drug-likeness (QED) is 0.765. The van der Waals surface area contributed by atoms with Crippen LogP contribution in [0.5, 0.6) is 0 Å². The normalized spacial score (nSPS) is 12.7. The smallest absolute Gasteiger partial charge is 0.124 e. The highest BCUT2D eigenvalue weighted by atomic mass is 32.2. The van der Waals surface area contributed by atoms with Crippen LogP contribution in [0.25, 0.3) is 0 Å². The van der Waals surface area contributed by atoms with E-state index in [1.807, 2.05) is 38.2 Å². The summed E-state index contributed by atoms with van der Waals surface area (Å²) in [6, 6.07) is 7.76. The maximum Gasteiger partial charge on any atom is 0.124 e. The van der Waals surface area contributed by atoms with E-state index in [1.54, 1.807) is 0 Å². The van der Waals surface area contributed by atoms with Crippen molar-refractivity contribution in [2.45, 2.75) is 18.4 Å². The Labute approximate surface area is 87.5 Å². The lowest BCUT2D eigenvalue weighted by atomic mass is 10.2. The highest BCUT2D eigenvalue weighted by Gasteiger charge is 2.00. The van der Waals surface area contributed by atoms with Gasteiger partial charge in [0.05, 0.1) is 4.90 Å². The molecule has 0 saturated carbocycles. The molecule has 1 aromatic carbocycles. The minimum Gasteiger partial charge on any atom is -0.316 e. The Hall–Kier alpha value is -0.710. The van der Waals surface area contributed by atoms with E-state index < -0.39 is 11.0 Å². The van der Waals surface area contributed by atoms with Crippen LogP contribution in [0.2, 0.25) is 0 Å². The Morgan fingerprint density at radius 1 is 1.29 bits per heavy atom. The van der Waals surface area contributed by atoms with E-state index in [0.29, 0.717) is 6.54 Å². The minimum absolute atomic E-state index is 0.713. The van der Waals surface area contributed by atoms with E-state index in [1.165, 1.54) is 5.56 Å². The first-order chi connectivity index (χ1) is 6.77. The van der Waals surface area contributed by atoms with Crippen LogP contribution in [0.4, 0.5) is 0 Å². The Bertz CT molecular complexity index is 297. The summed E-state index contributed by atoms with van der Waals surface area (Å²) < 4.78 is 14.4. The molecule has 1 rings (SSSR count). The van der Waals surface area contributed by atoms with E-state index in [2.05, 4.69) is 10.0 Å². The van der Waals surface area contributed by atoms with Crippen molar-refractivity contribution in [1.82, 2.24) is 10.0 Å². The van der Waals surface area contributed by atoms with Crippen molar-refractivity contribution in [3.05, 3.63) is 29.8 Å². The number of benzene rings is 1. The lowest BCUT2D eigenvalue weighted by molar-refractivity contribution is 0.674. The van der Waals surface area contributed by atoms with Gasteiger partial charge in [0, 0.05) is 13.1 Å². The molecule has 2 N–H and O–H groups in total. The van der Waals surface area contributed by atoms with Gasteiger partial charge in [-0.1, -0.05) is 19.1 Å². The molecule has 0 amide bonds. The third-order valence-corrected chi connectivity index (χ3v) is 3.04. The van der Waals surface area contributed by atoms with Gasteiger partial charge in [-0.2, -0.15) is 0 Å². The van der Waals surface area contributed by atoms with Crippen LogP contribution < -0.4 is 10.0 Å². The number of hydrogen-bond donors (Lipinski definition) is 2. The van der Waals surface area contributed by atoms with Crippen molar-refractivity contribution < 1.29 is 4.21 Å². The first kappa shape index (κ1) is 11.4. The molecule has 0 aliphatic heterocycles. The molecule has 78 valence electrons. The van der Waals surface area contributed by atoms with E-state index in [4.69, 9.17) is 0 Å². The van der Waals surface area contributed by atoms with Crippen LogP contribution >= 0.6 is 0 Å². The summed E-state index contributed by atoms with van der Waals surface area (Å²) in [6.07, 6.45) is 0. The predicted octanol–water partition coefficient (Wildman–Crippen LogP) is 1.04. The first-order valence-electron chi connectivity index (χ1n) is 4.66. The lowest BCUT2D eigenvalue weighted by Gasteiger charge is -2.03. The van der Waals surface area contributed by atoms with Gasteiger partial charge in [0.25, 0.3) is 0 Å². The van der Waals surface area contributed by atoms with Crippen LogP contribution in [0, 0.1) is 0 Å². The van der Waals surface area contributed by atoms with E-state index in [0.717, 1.165) is 11.4 Å². The molecule has 1 aromatic rings. The second-order valence-electron chi connectivity index (χ2n) is 2.94. The van der Waals surface area contributed by atoms with Crippen LogP contribution in [-0.2, 0) is 17.5 Å². The Balaban J connectivity index is 2.67. The van der Waals surface area contributed by atoms with Crippen LogP contribution in [0.1, 0.15) is 12.5 Å². The molecular formula is C10H16N2OS. The molecule has 0 aromatic heterocycles. The second-order valence-corrected chi connectivity index (χ2v) is 4.24. The fourth-order valence-electron chi connectivity index (χ4n) is 1.15. The predicted molar refractivity (Wildman–Crippen MR) is 59.3 cm³/mol. The van der Waals surface area contributed by atoms with Crippen LogP contribution in [-0.4, -0.2) is 17.8 Å².